The fourth-order valence-corrected chi connectivity index (χ4v) is 5.76. The monoisotopic (exact) mass is 368 g/mol. The highest BCUT2D eigenvalue weighted by Crippen LogP contribution is 2.59. The summed E-state index contributed by atoms with van der Waals surface area (Å²) in [7, 11) is -3.79. The number of unbranched alkanes of at least 4 members (excludes halogenated alkanes) is 2. The van der Waals surface area contributed by atoms with E-state index >= 15 is 0 Å². The van der Waals surface area contributed by atoms with Crippen LogP contribution in [0.1, 0.15) is 37.7 Å². The number of carboxylic acid groups (broad SMARTS) is 1. The Morgan fingerprint density at radius 1 is 1.20 bits per heavy atom. The molecule has 7 heteroatoms. The van der Waals surface area contributed by atoms with Crippen LogP contribution < -0.4 is 5.73 Å². The number of carboxylic acids is 1. The smallest absolute Gasteiger partial charge is 0.319 e. The highest BCUT2D eigenvalue weighted by atomic mass is 31.2. The number of rotatable bonds is 8. The molecule has 1 saturated heterocycles. The van der Waals surface area contributed by atoms with Gasteiger partial charge < -0.3 is 15.7 Å². The maximum atomic E-state index is 12.9. The van der Waals surface area contributed by atoms with Gasteiger partial charge in [-0.2, -0.15) is 0 Å². The molecule has 25 heavy (non-hydrogen) atoms. The first-order chi connectivity index (χ1) is 11.9. The van der Waals surface area contributed by atoms with Crippen LogP contribution >= 0.6 is 7.37 Å². The first-order valence-electron chi connectivity index (χ1n) is 8.93. The number of benzene rings is 1. The van der Waals surface area contributed by atoms with Crippen molar-refractivity contribution < 1.29 is 19.4 Å². The predicted octanol–water partition coefficient (Wildman–Crippen LogP) is 2.51. The van der Waals surface area contributed by atoms with Gasteiger partial charge in [0.05, 0.1) is 0 Å². The zero-order chi connectivity index (χ0) is 18.3. The SMILES string of the molecule is NCCCCCC1(C(=O)O)CCN(Cc2ccccc2)CCP1(=O)O. The van der Waals surface area contributed by atoms with Gasteiger partial charge >= 0.3 is 5.97 Å². The quantitative estimate of drug-likeness (QED) is 0.481. The molecule has 6 nitrogen and oxygen atoms in total. The van der Waals surface area contributed by atoms with Gasteiger partial charge in [-0.1, -0.05) is 43.2 Å². The van der Waals surface area contributed by atoms with Crippen molar-refractivity contribution in [2.75, 3.05) is 25.8 Å². The lowest BCUT2D eigenvalue weighted by Crippen LogP contribution is -2.40. The molecule has 1 aromatic rings. The molecule has 140 valence electrons. The number of nitrogens with zero attached hydrogens (tertiary/aromatic N) is 1. The topological polar surface area (TPSA) is 104 Å². The fraction of sp³-hybridized carbons (Fsp3) is 0.611. The average molecular weight is 368 g/mol. The zero-order valence-corrected chi connectivity index (χ0v) is 15.5. The third-order valence-corrected chi connectivity index (χ3v) is 7.95. The van der Waals surface area contributed by atoms with Gasteiger partial charge in [0.2, 0.25) is 7.37 Å². The van der Waals surface area contributed by atoms with Gasteiger partial charge in [-0.3, -0.25) is 14.3 Å². The van der Waals surface area contributed by atoms with Gasteiger partial charge in [-0.05, 0) is 31.4 Å². The molecule has 4 N–H and O–H groups in total. The molecule has 2 rings (SSSR count). The molecule has 0 bridgehead atoms. The lowest BCUT2D eigenvalue weighted by molar-refractivity contribution is -0.141. The Balaban J connectivity index is 2.11. The minimum absolute atomic E-state index is 0.0308. The van der Waals surface area contributed by atoms with Crippen molar-refractivity contribution in [2.45, 2.75) is 43.8 Å². The van der Waals surface area contributed by atoms with E-state index in [1.54, 1.807) is 0 Å². The van der Waals surface area contributed by atoms with E-state index in [-0.39, 0.29) is 19.0 Å². The summed E-state index contributed by atoms with van der Waals surface area (Å²) in [5.74, 6) is -1.13. The summed E-state index contributed by atoms with van der Waals surface area (Å²) in [4.78, 5) is 24.7. The van der Waals surface area contributed by atoms with Crippen molar-refractivity contribution in [1.29, 1.82) is 0 Å². The maximum absolute atomic E-state index is 12.9. The summed E-state index contributed by atoms with van der Waals surface area (Å²) in [6.45, 7) is 2.19. The van der Waals surface area contributed by atoms with E-state index in [1.165, 1.54) is 0 Å². The van der Waals surface area contributed by atoms with Gasteiger partial charge in [0.25, 0.3) is 0 Å². The summed E-state index contributed by atoms with van der Waals surface area (Å²) in [5.41, 5.74) is 6.61. The van der Waals surface area contributed by atoms with Crippen LogP contribution in [-0.4, -0.2) is 51.8 Å². The molecule has 0 aliphatic carbocycles. The van der Waals surface area contributed by atoms with E-state index in [4.69, 9.17) is 5.73 Å². The molecule has 2 atom stereocenters. The lowest BCUT2D eigenvalue weighted by atomic mass is 9.96. The van der Waals surface area contributed by atoms with E-state index in [2.05, 4.69) is 4.90 Å². The summed E-state index contributed by atoms with van der Waals surface area (Å²) in [5, 5.41) is 8.29. The maximum Gasteiger partial charge on any atom is 0.319 e. The molecule has 1 aliphatic rings. The van der Waals surface area contributed by atoms with Gasteiger partial charge in [0, 0.05) is 25.8 Å². The highest BCUT2D eigenvalue weighted by Gasteiger charge is 2.54. The number of nitrogens with two attached hydrogens (primary N) is 1. The van der Waals surface area contributed by atoms with Crippen molar-refractivity contribution in [3.63, 3.8) is 0 Å². The minimum Gasteiger partial charge on any atom is -0.480 e. The van der Waals surface area contributed by atoms with Crippen molar-refractivity contribution in [3.05, 3.63) is 35.9 Å². The molecule has 2 unspecified atom stereocenters. The summed E-state index contributed by atoms with van der Waals surface area (Å²) in [6.07, 6.45) is 2.71. The first kappa shape index (κ1) is 20.1. The predicted molar refractivity (Wildman–Crippen MR) is 98.9 cm³/mol. The van der Waals surface area contributed by atoms with Crippen LogP contribution in [0.15, 0.2) is 30.3 Å². The first-order valence-corrected chi connectivity index (χ1v) is 10.8. The third-order valence-electron chi connectivity index (χ3n) is 5.17. The van der Waals surface area contributed by atoms with Crippen molar-refractivity contribution in [3.8, 4) is 0 Å². The summed E-state index contributed by atoms with van der Waals surface area (Å²) < 4.78 is 12.9. The second-order valence-electron chi connectivity index (χ2n) is 6.87. The summed E-state index contributed by atoms with van der Waals surface area (Å²) >= 11 is 0. The Morgan fingerprint density at radius 2 is 1.92 bits per heavy atom. The largest absolute Gasteiger partial charge is 0.480 e. The highest BCUT2D eigenvalue weighted by molar-refractivity contribution is 7.60. The Morgan fingerprint density at radius 3 is 2.56 bits per heavy atom. The molecular formula is C18H29N2O4P. The number of hydrogen-bond acceptors (Lipinski definition) is 4. The number of carbonyl (C=O) groups is 1. The number of hydrogen-bond donors (Lipinski definition) is 3. The van der Waals surface area contributed by atoms with E-state index in [0.29, 0.717) is 32.6 Å². The summed E-state index contributed by atoms with van der Waals surface area (Å²) in [6, 6.07) is 9.90. The molecule has 1 fully saturated rings. The molecule has 0 saturated carbocycles. The Kier molecular flexibility index (Phi) is 7.20. The van der Waals surface area contributed by atoms with Crippen LogP contribution in [0.4, 0.5) is 0 Å². The van der Waals surface area contributed by atoms with Crippen LogP contribution in [0.25, 0.3) is 0 Å². The average Bonchev–Trinajstić information content (AvgIpc) is 2.71. The second kappa shape index (κ2) is 8.95. The van der Waals surface area contributed by atoms with Gasteiger partial charge in [0.15, 0.2) is 0 Å². The van der Waals surface area contributed by atoms with Crippen LogP contribution in [-0.2, 0) is 15.9 Å². The van der Waals surface area contributed by atoms with Crippen LogP contribution in [0.2, 0.25) is 0 Å². The molecule has 0 spiro atoms. The fourth-order valence-electron chi connectivity index (χ4n) is 3.52. The molecule has 1 aliphatic heterocycles. The van der Waals surface area contributed by atoms with Crippen LogP contribution in [0, 0.1) is 0 Å². The van der Waals surface area contributed by atoms with Gasteiger partial charge in [-0.25, -0.2) is 0 Å². The van der Waals surface area contributed by atoms with Crippen molar-refractivity contribution >= 4 is 13.3 Å². The van der Waals surface area contributed by atoms with Crippen LogP contribution in [0.3, 0.4) is 0 Å². The van der Waals surface area contributed by atoms with Crippen molar-refractivity contribution in [2.24, 2.45) is 5.73 Å². The Hall–Kier alpha value is -1.20. The molecule has 1 aromatic carbocycles. The van der Waals surface area contributed by atoms with Crippen molar-refractivity contribution in [1.82, 2.24) is 4.90 Å². The van der Waals surface area contributed by atoms with E-state index in [9.17, 15) is 19.4 Å². The van der Waals surface area contributed by atoms with E-state index < -0.39 is 18.5 Å². The molecule has 0 radical (unpaired) electrons. The van der Waals surface area contributed by atoms with E-state index in [1.807, 2.05) is 30.3 Å². The standard InChI is InChI=1S/C18H29N2O4P/c19-11-6-2-5-9-18(17(21)22)10-12-20(13-14-25(18,23)24)15-16-7-3-1-4-8-16/h1,3-4,7-8H,2,5-6,9-15,19H2,(H,21,22)(H,23,24). The molecule has 1 heterocycles. The second-order valence-corrected chi connectivity index (χ2v) is 9.58. The lowest BCUT2D eigenvalue weighted by Gasteiger charge is -2.32. The van der Waals surface area contributed by atoms with E-state index in [0.717, 1.165) is 18.4 Å². The number of aliphatic carboxylic acids is 1. The zero-order valence-electron chi connectivity index (χ0n) is 14.6. The molecule has 0 amide bonds. The Labute approximate surface area is 149 Å². The van der Waals surface area contributed by atoms with Crippen LogP contribution in [0.5, 0.6) is 0 Å². The van der Waals surface area contributed by atoms with Gasteiger partial charge in [-0.15, -0.1) is 0 Å². The minimum atomic E-state index is -3.79. The molecular weight excluding hydrogens is 339 g/mol. The third kappa shape index (κ3) is 4.91. The Bertz CT molecular complexity index is 610. The molecule has 0 aromatic heterocycles. The van der Waals surface area contributed by atoms with Gasteiger partial charge in [0.1, 0.15) is 5.16 Å². The normalized spacial score (nSPS) is 27.8.